The van der Waals surface area contributed by atoms with E-state index in [1.807, 2.05) is 13.8 Å². The van der Waals surface area contributed by atoms with Gasteiger partial charge in [0.15, 0.2) is 0 Å². The third-order valence-corrected chi connectivity index (χ3v) is 3.46. The predicted molar refractivity (Wildman–Crippen MR) is 69.1 cm³/mol. The van der Waals surface area contributed by atoms with Gasteiger partial charge in [0.2, 0.25) is 5.91 Å². The van der Waals surface area contributed by atoms with Gasteiger partial charge in [0.25, 0.3) is 0 Å². The molecule has 5 heteroatoms. The molecule has 0 radical (unpaired) electrons. The molecule has 5 nitrogen and oxygen atoms in total. The highest BCUT2D eigenvalue weighted by molar-refractivity contribution is 5.81. The number of hydrogen-bond donors (Lipinski definition) is 1. The predicted octanol–water partition coefficient (Wildman–Crippen LogP) is 0.786. The fraction of sp³-hybridized carbons (Fsp3) is 0.846. The summed E-state index contributed by atoms with van der Waals surface area (Å²) >= 11 is 0. The van der Waals surface area contributed by atoms with E-state index in [0.717, 1.165) is 25.8 Å². The maximum absolute atomic E-state index is 11.9. The molecule has 0 spiro atoms. The Balaban J connectivity index is 2.49. The second-order valence-electron chi connectivity index (χ2n) is 4.82. The van der Waals surface area contributed by atoms with E-state index in [0.29, 0.717) is 13.1 Å². The minimum absolute atomic E-state index is 0.0439. The Kier molecular flexibility index (Phi) is 6.12. The van der Waals surface area contributed by atoms with Gasteiger partial charge < -0.3 is 10.1 Å². The molecule has 1 fully saturated rings. The van der Waals surface area contributed by atoms with Crippen molar-refractivity contribution in [2.24, 2.45) is 5.92 Å². The van der Waals surface area contributed by atoms with Gasteiger partial charge in [-0.15, -0.1) is 0 Å². The van der Waals surface area contributed by atoms with E-state index in [1.54, 1.807) is 0 Å². The van der Waals surface area contributed by atoms with Crippen molar-refractivity contribution in [1.82, 2.24) is 10.2 Å². The average molecular weight is 256 g/mol. The SMILES string of the molecule is CCCNC(=O)C(C)N1CCC[C@H](C(=O)OC)C1. The standard InChI is InChI=1S/C13H24N2O3/c1-4-7-14-12(16)10(2)15-8-5-6-11(9-15)13(17)18-3/h10-11H,4-9H2,1-3H3,(H,14,16)/t10?,11-/m0/s1. The third-order valence-electron chi connectivity index (χ3n) is 3.46. The molecule has 1 saturated heterocycles. The van der Waals surface area contributed by atoms with Crippen molar-refractivity contribution < 1.29 is 14.3 Å². The zero-order chi connectivity index (χ0) is 13.5. The van der Waals surface area contributed by atoms with Crippen LogP contribution in [0.15, 0.2) is 0 Å². The van der Waals surface area contributed by atoms with Crippen LogP contribution in [0, 0.1) is 5.92 Å². The van der Waals surface area contributed by atoms with Crippen LogP contribution in [-0.4, -0.2) is 49.6 Å². The first-order valence-corrected chi connectivity index (χ1v) is 6.69. The monoisotopic (exact) mass is 256 g/mol. The van der Waals surface area contributed by atoms with Crippen LogP contribution in [0.4, 0.5) is 0 Å². The topological polar surface area (TPSA) is 58.6 Å². The van der Waals surface area contributed by atoms with Crippen LogP contribution < -0.4 is 5.32 Å². The average Bonchev–Trinajstić information content (AvgIpc) is 2.43. The number of amides is 1. The Morgan fingerprint density at radius 3 is 2.83 bits per heavy atom. The second-order valence-corrected chi connectivity index (χ2v) is 4.82. The molecule has 18 heavy (non-hydrogen) atoms. The number of carbonyl (C=O) groups is 2. The normalized spacial score (nSPS) is 22.3. The highest BCUT2D eigenvalue weighted by Crippen LogP contribution is 2.19. The van der Waals surface area contributed by atoms with Crippen LogP contribution in [0.5, 0.6) is 0 Å². The smallest absolute Gasteiger partial charge is 0.309 e. The Hall–Kier alpha value is -1.10. The number of esters is 1. The number of likely N-dealkylation sites (tertiary alicyclic amines) is 1. The molecule has 1 aliphatic heterocycles. The largest absolute Gasteiger partial charge is 0.469 e. The molecule has 2 atom stereocenters. The molecule has 0 aliphatic carbocycles. The van der Waals surface area contributed by atoms with E-state index in [-0.39, 0.29) is 23.8 Å². The molecule has 104 valence electrons. The zero-order valence-corrected chi connectivity index (χ0v) is 11.6. The summed E-state index contributed by atoms with van der Waals surface area (Å²) in [6.07, 6.45) is 2.72. The zero-order valence-electron chi connectivity index (χ0n) is 11.6. The fourth-order valence-electron chi connectivity index (χ4n) is 2.28. The number of nitrogens with one attached hydrogen (secondary N) is 1. The van der Waals surface area contributed by atoms with Crippen molar-refractivity contribution in [2.75, 3.05) is 26.7 Å². The molecule has 1 amide bonds. The Labute approximate surface area is 109 Å². The molecule has 0 bridgehead atoms. The first-order valence-electron chi connectivity index (χ1n) is 6.69. The third kappa shape index (κ3) is 3.98. The Morgan fingerprint density at radius 1 is 1.50 bits per heavy atom. The number of hydrogen-bond acceptors (Lipinski definition) is 4. The molecule has 0 aromatic rings. The molecule has 1 rings (SSSR count). The summed E-state index contributed by atoms with van der Waals surface area (Å²) in [5.74, 6) is -0.214. The van der Waals surface area contributed by atoms with E-state index in [2.05, 4.69) is 10.2 Å². The molecule has 0 aromatic carbocycles. The summed E-state index contributed by atoms with van der Waals surface area (Å²) in [4.78, 5) is 25.5. The van der Waals surface area contributed by atoms with Crippen molar-refractivity contribution >= 4 is 11.9 Å². The molecular formula is C13H24N2O3. The van der Waals surface area contributed by atoms with Gasteiger partial charge in [-0.3, -0.25) is 14.5 Å². The first-order chi connectivity index (χ1) is 8.60. The summed E-state index contributed by atoms with van der Waals surface area (Å²) in [6.45, 7) is 6.11. The number of rotatable bonds is 5. The fourth-order valence-corrected chi connectivity index (χ4v) is 2.28. The lowest BCUT2D eigenvalue weighted by atomic mass is 9.97. The van der Waals surface area contributed by atoms with E-state index < -0.39 is 0 Å². The minimum atomic E-state index is -0.177. The van der Waals surface area contributed by atoms with Gasteiger partial charge in [0, 0.05) is 13.1 Å². The van der Waals surface area contributed by atoms with Crippen LogP contribution in [0.2, 0.25) is 0 Å². The summed E-state index contributed by atoms with van der Waals surface area (Å²) in [5.41, 5.74) is 0. The van der Waals surface area contributed by atoms with Crippen LogP contribution in [0.3, 0.4) is 0 Å². The maximum atomic E-state index is 11.9. The van der Waals surface area contributed by atoms with Gasteiger partial charge in [-0.05, 0) is 32.7 Å². The number of ether oxygens (including phenoxy) is 1. The van der Waals surface area contributed by atoms with Gasteiger partial charge in [-0.25, -0.2) is 0 Å². The van der Waals surface area contributed by atoms with Crippen LogP contribution >= 0.6 is 0 Å². The second kappa shape index (κ2) is 7.36. The number of piperidine rings is 1. The van der Waals surface area contributed by atoms with Crippen LogP contribution in [-0.2, 0) is 14.3 Å². The number of carbonyl (C=O) groups excluding carboxylic acids is 2. The molecule has 1 N–H and O–H groups in total. The van der Waals surface area contributed by atoms with Crippen LogP contribution in [0.1, 0.15) is 33.1 Å². The first kappa shape index (κ1) is 15.0. The quantitative estimate of drug-likeness (QED) is 0.739. The lowest BCUT2D eigenvalue weighted by Gasteiger charge is -2.34. The van der Waals surface area contributed by atoms with Gasteiger partial charge in [-0.1, -0.05) is 6.92 Å². The minimum Gasteiger partial charge on any atom is -0.469 e. The molecule has 1 aliphatic rings. The summed E-state index contributed by atoms with van der Waals surface area (Å²) in [6, 6.07) is -0.177. The summed E-state index contributed by atoms with van der Waals surface area (Å²) in [7, 11) is 1.42. The molecular weight excluding hydrogens is 232 g/mol. The van der Waals surface area contributed by atoms with Gasteiger partial charge >= 0.3 is 5.97 Å². The lowest BCUT2D eigenvalue weighted by Crippen LogP contribution is -2.50. The van der Waals surface area contributed by atoms with Crippen molar-refractivity contribution in [3.8, 4) is 0 Å². The van der Waals surface area contributed by atoms with E-state index in [1.165, 1.54) is 7.11 Å². The highest BCUT2D eigenvalue weighted by Gasteiger charge is 2.31. The molecule has 0 saturated carbocycles. The molecule has 1 heterocycles. The summed E-state index contributed by atoms with van der Waals surface area (Å²) < 4.78 is 4.78. The van der Waals surface area contributed by atoms with E-state index in [9.17, 15) is 9.59 Å². The number of nitrogens with zero attached hydrogens (tertiary/aromatic N) is 1. The molecule has 0 aromatic heterocycles. The summed E-state index contributed by atoms with van der Waals surface area (Å²) in [5, 5.41) is 2.89. The van der Waals surface area contributed by atoms with Gasteiger partial charge in [0.1, 0.15) is 0 Å². The van der Waals surface area contributed by atoms with Crippen LogP contribution in [0.25, 0.3) is 0 Å². The van der Waals surface area contributed by atoms with E-state index in [4.69, 9.17) is 4.74 Å². The Bertz CT molecular complexity index is 294. The Morgan fingerprint density at radius 2 is 2.22 bits per heavy atom. The van der Waals surface area contributed by atoms with E-state index >= 15 is 0 Å². The molecule has 1 unspecified atom stereocenters. The van der Waals surface area contributed by atoms with Crippen molar-refractivity contribution in [3.05, 3.63) is 0 Å². The lowest BCUT2D eigenvalue weighted by molar-refractivity contribution is -0.148. The highest BCUT2D eigenvalue weighted by atomic mass is 16.5. The van der Waals surface area contributed by atoms with Crippen molar-refractivity contribution in [2.45, 2.75) is 39.2 Å². The van der Waals surface area contributed by atoms with Gasteiger partial charge in [-0.2, -0.15) is 0 Å². The number of methoxy groups -OCH3 is 1. The maximum Gasteiger partial charge on any atom is 0.309 e. The van der Waals surface area contributed by atoms with Crippen molar-refractivity contribution in [3.63, 3.8) is 0 Å². The van der Waals surface area contributed by atoms with Crippen molar-refractivity contribution in [1.29, 1.82) is 0 Å². The van der Waals surface area contributed by atoms with Gasteiger partial charge in [0.05, 0.1) is 19.1 Å².